The van der Waals surface area contributed by atoms with Crippen LogP contribution in [0.3, 0.4) is 0 Å². The molecule has 0 bridgehead atoms. The number of hydrogen-bond acceptors (Lipinski definition) is 6. The van der Waals surface area contributed by atoms with Crippen LogP contribution in [-0.4, -0.2) is 22.6 Å². The van der Waals surface area contributed by atoms with Crippen molar-refractivity contribution in [1.82, 2.24) is 4.98 Å². The topological polar surface area (TPSA) is 129 Å². The molecule has 4 rings (SSSR count). The van der Waals surface area contributed by atoms with Crippen LogP contribution in [0.2, 0.25) is 0 Å². The average Bonchev–Trinajstić information content (AvgIpc) is 3.01. The zero-order chi connectivity index (χ0) is 22.3. The highest BCUT2D eigenvalue weighted by Crippen LogP contribution is 2.39. The van der Waals surface area contributed by atoms with E-state index in [4.69, 9.17) is 20.6 Å². The molecule has 0 fully saturated rings. The molecule has 1 aliphatic rings. The van der Waals surface area contributed by atoms with Crippen molar-refractivity contribution in [1.29, 1.82) is 0 Å². The first-order valence-corrected chi connectivity index (χ1v) is 10.0. The number of para-hydroxylation sites is 1. The first-order chi connectivity index (χ1) is 14.6. The van der Waals surface area contributed by atoms with Gasteiger partial charge >= 0.3 is 5.97 Å². The third-order valence-corrected chi connectivity index (χ3v) is 5.29. The third kappa shape index (κ3) is 4.01. The van der Waals surface area contributed by atoms with Gasteiger partial charge in [-0.1, -0.05) is 32.0 Å². The molecule has 0 atom stereocenters. The van der Waals surface area contributed by atoms with Gasteiger partial charge in [0.15, 0.2) is 5.75 Å². The second kappa shape index (κ2) is 7.54. The highest BCUT2D eigenvalue weighted by Gasteiger charge is 2.36. The van der Waals surface area contributed by atoms with E-state index in [2.05, 4.69) is 29.0 Å². The smallest absolute Gasteiger partial charge is 0.380 e. The number of aromatic nitrogens is 1. The van der Waals surface area contributed by atoms with Crippen molar-refractivity contribution in [2.75, 3.05) is 0 Å². The number of nitrogens with two attached hydrogens (primary N) is 2. The van der Waals surface area contributed by atoms with Gasteiger partial charge in [0.2, 0.25) is 11.7 Å². The van der Waals surface area contributed by atoms with Gasteiger partial charge in [0.25, 0.3) is 0 Å². The van der Waals surface area contributed by atoms with Crippen LogP contribution in [0.4, 0.5) is 0 Å². The largest absolute Gasteiger partial charge is 0.453 e. The van der Waals surface area contributed by atoms with Gasteiger partial charge in [0.1, 0.15) is 11.3 Å². The Morgan fingerprint density at radius 2 is 1.94 bits per heavy atom. The van der Waals surface area contributed by atoms with Crippen LogP contribution < -0.4 is 16.2 Å². The molecule has 1 aromatic carbocycles. The molecule has 0 spiro atoms. The highest BCUT2D eigenvalue weighted by atomic mass is 16.5. The Bertz CT molecular complexity index is 1250. The quantitative estimate of drug-likeness (QED) is 0.219. The fourth-order valence-corrected chi connectivity index (χ4v) is 3.96. The number of benzene rings is 1. The van der Waals surface area contributed by atoms with Gasteiger partial charge in [0.05, 0.1) is 5.71 Å². The van der Waals surface area contributed by atoms with E-state index in [-0.39, 0.29) is 17.1 Å². The highest BCUT2D eigenvalue weighted by molar-refractivity contribution is 6.06. The van der Waals surface area contributed by atoms with E-state index in [1.165, 1.54) is 0 Å². The van der Waals surface area contributed by atoms with Crippen LogP contribution in [0.1, 0.15) is 53.4 Å². The second-order valence-electron chi connectivity index (χ2n) is 8.61. The predicted molar refractivity (Wildman–Crippen MR) is 119 cm³/mol. The van der Waals surface area contributed by atoms with Crippen LogP contribution in [0.25, 0.3) is 10.9 Å². The Morgan fingerprint density at radius 1 is 1.16 bits per heavy atom. The van der Waals surface area contributed by atoms with Gasteiger partial charge in [0, 0.05) is 28.6 Å². The number of nitrogens with zero attached hydrogens (tertiary/aromatic N) is 3. The number of hydrogen-bond donors (Lipinski definition) is 2. The summed E-state index contributed by atoms with van der Waals surface area (Å²) in [5, 5.41) is 8.92. The summed E-state index contributed by atoms with van der Waals surface area (Å²) in [5.41, 5.74) is 14.3. The van der Waals surface area contributed by atoms with Crippen molar-refractivity contribution >= 4 is 28.5 Å². The van der Waals surface area contributed by atoms with Crippen LogP contribution in [0.5, 0.6) is 5.75 Å². The minimum absolute atomic E-state index is 0.118. The Balaban J connectivity index is 1.74. The lowest BCUT2D eigenvalue weighted by Gasteiger charge is -2.29. The van der Waals surface area contributed by atoms with E-state index in [0.29, 0.717) is 41.1 Å². The van der Waals surface area contributed by atoms with Gasteiger partial charge in [-0.2, -0.15) is 5.10 Å². The number of ether oxygens (including phenoxy) is 1. The summed E-state index contributed by atoms with van der Waals surface area (Å²) in [6.45, 7) is 7.90. The molecule has 8 heteroatoms. The van der Waals surface area contributed by atoms with Gasteiger partial charge in [-0.25, -0.2) is 9.78 Å². The number of fused-ring (bicyclic) bond motifs is 2. The zero-order valence-electron chi connectivity index (χ0n) is 18.0. The summed E-state index contributed by atoms with van der Waals surface area (Å²) in [6.07, 6.45) is 1.31. The maximum absolute atomic E-state index is 13.1. The van der Waals surface area contributed by atoms with E-state index >= 15 is 0 Å². The molecule has 4 N–H and O–H groups in total. The molecule has 3 aromatic rings. The molecular formula is C23H25N5O3. The monoisotopic (exact) mass is 419 g/mol. The summed E-state index contributed by atoms with van der Waals surface area (Å²) in [4.78, 5) is 17.6. The van der Waals surface area contributed by atoms with E-state index in [0.717, 1.165) is 16.6 Å². The summed E-state index contributed by atoms with van der Waals surface area (Å²) < 4.78 is 11.7. The lowest BCUT2D eigenvalue weighted by atomic mass is 9.75. The van der Waals surface area contributed by atoms with E-state index in [1.807, 2.05) is 38.1 Å². The minimum Gasteiger partial charge on any atom is -0.453 e. The minimum atomic E-state index is -0.582. The Hall–Kier alpha value is -3.68. The first-order valence-electron chi connectivity index (χ1n) is 10.0. The first kappa shape index (κ1) is 20.6. The molecule has 1 aliphatic carbocycles. The number of rotatable bonds is 3. The van der Waals surface area contributed by atoms with Crippen LogP contribution in [0.15, 0.2) is 45.0 Å². The average molecular weight is 419 g/mol. The molecule has 0 unspecified atom stereocenters. The second-order valence-corrected chi connectivity index (χ2v) is 8.61. The zero-order valence-corrected chi connectivity index (χ0v) is 18.0. The van der Waals surface area contributed by atoms with Crippen molar-refractivity contribution in [3.05, 3.63) is 58.7 Å². The molecular weight excluding hydrogens is 394 g/mol. The van der Waals surface area contributed by atoms with E-state index in [1.54, 1.807) is 6.07 Å². The van der Waals surface area contributed by atoms with Crippen LogP contribution in [0, 0.1) is 19.3 Å². The number of furan rings is 1. The number of guanidine groups is 1. The van der Waals surface area contributed by atoms with E-state index < -0.39 is 5.97 Å². The number of carbonyl (C=O) groups excluding carboxylic acids is 1. The third-order valence-electron chi connectivity index (χ3n) is 5.29. The summed E-state index contributed by atoms with van der Waals surface area (Å²) in [6, 6.07) is 9.33. The van der Waals surface area contributed by atoms with Crippen LogP contribution >= 0.6 is 0 Å². The Morgan fingerprint density at radius 3 is 2.68 bits per heavy atom. The van der Waals surface area contributed by atoms with Crippen molar-refractivity contribution in [3.8, 4) is 5.75 Å². The van der Waals surface area contributed by atoms with Crippen molar-refractivity contribution in [2.45, 2.75) is 40.5 Å². The molecule has 2 heterocycles. The number of aryl methyl sites for hydroxylation is 1. The maximum atomic E-state index is 13.1. The molecule has 0 saturated carbocycles. The molecule has 0 amide bonds. The van der Waals surface area contributed by atoms with Gasteiger partial charge < -0.3 is 20.6 Å². The molecule has 31 heavy (non-hydrogen) atoms. The number of pyridine rings is 1. The van der Waals surface area contributed by atoms with Crippen molar-refractivity contribution in [2.24, 2.45) is 27.1 Å². The lowest BCUT2D eigenvalue weighted by molar-refractivity contribution is 0.0699. The number of esters is 1. The fourth-order valence-electron chi connectivity index (χ4n) is 3.96. The maximum Gasteiger partial charge on any atom is 0.380 e. The number of carbonyl (C=O) groups is 1. The van der Waals surface area contributed by atoms with Gasteiger partial charge in [-0.05, 0) is 37.8 Å². The summed E-state index contributed by atoms with van der Waals surface area (Å²) >= 11 is 0. The molecule has 8 nitrogen and oxygen atoms in total. The lowest BCUT2D eigenvalue weighted by Crippen LogP contribution is -2.27. The summed E-state index contributed by atoms with van der Waals surface area (Å²) in [5.74, 6) is 0.496. The van der Waals surface area contributed by atoms with Crippen molar-refractivity contribution < 1.29 is 13.9 Å². The standard InChI is InChI=1S/C23H25N5O3/c1-12-8-9-14-6-5-7-16(19(14)26-12)31-21(29)20-13(2)18-15(27-28-22(24)25)10-23(3,4)11-17(18)30-20/h5-9H,10-11H2,1-4H3,(H4,24,25,28)/b27-15-. The van der Waals surface area contributed by atoms with Gasteiger partial charge in [-0.15, -0.1) is 5.10 Å². The molecule has 160 valence electrons. The normalized spacial score (nSPS) is 16.2. The molecule has 0 aliphatic heterocycles. The van der Waals surface area contributed by atoms with Crippen LogP contribution in [-0.2, 0) is 6.42 Å². The van der Waals surface area contributed by atoms with Gasteiger partial charge in [-0.3, -0.25) is 0 Å². The molecule has 0 radical (unpaired) electrons. The molecule has 2 aromatic heterocycles. The molecule has 0 saturated heterocycles. The Labute approximate surface area is 180 Å². The predicted octanol–water partition coefficient (Wildman–Crippen LogP) is 3.61. The Kier molecular flexibility index (Phi) is 5.00. The summed E-state index contributed by atoms with van der Waals surface area (Å²) in [7, 11) is 0. The van der Waals surface area contributed by atoms with Crippen molar-refractivity contribution in [3.63, 3.8) is 0 Å². The fraction of sp³-hybridized carbons (Fsp3) is 0.304. The SMILES string of the molecule is Cc1ccc2cccc(OC(=O)c3oc4c(c3C)/C(=N\N=C(N)N)CC(C)(C)C4)c2n1. The van der Waals surface area contributed by atoms with E-state index in [9.17, 15) is 4.79 Å².